The number of rotatable bonds is 6. The van der Waals surface area contributed by atoms with Gasteiger partial charge in [-0.2, -0.15) is 0 Å². The van der Waals surface area contributed by atoms with Gasteiger partial charge in [-0.15, -0.1) is 21.5 Å². The number of methoxy groups -OCH3 is 1. The van der Waals surface area contributed by atoms with Gasteiger partial charge in [-0.3, -0.25) is 4.79 Å². The number of ether oxygens (including phenoxy) is 1. The van der Waals surface area contributed by atoms with Crippen molar-refractivity contribution in [3.8, 4) is 17.0 Å². The number of hydrogen-bond acceptors (Lipinski definition) is 8. The SMILES string of the molecule is COc1ccc(-c2csc(NC(=O)C(C)Sc3nnc(C)s3)n2)cc1. The molecule has 3 rings (SSSR count). The molecule has 0 saturated carbocycles. The van der Waals surface area contributed by atoms with E-state index in [1.807, 2.05) is 43.5 Å². The third kappa shape index (κ3) is 4.56. The van der Waals surface area contributed by atoms with Crippen LogP contribution in [0.3, 0.4) is 0 Å². The highest BCUT2D eigenvalue weighted by molar-refractivity contribution is 8.02. The van der Waals surface area contributed by atoms with Crippen LogP contribution < -0.4 is 10.1 Å². The van der Waals surface area contributed by atoms with Crippen molar-refractivity contribution in [3.63, 3.8) is 0 Å². The Morgan fingerprint density at radius 3 is 2.68 bits per heavy atom. The Kier molecular flexibility index (Phi) is 5.67. The summed E-state index contributed by atoms with van der Waals surface area (Å²) < 4.78 is 5.94. The van der Waals surface area contributed by atoms with Crippen molar-refractivity contribution >= 4 is 45.5 Å². The zero-order valence-corrected chi connectivity index (χ0v) is 16.3. The fourth-order valence-corrected chi connectivity index (χ4v) is 4.65. The number of thiazole rings is 1. The lowest BCUT2D eigenvalue weighted by atomic mass is 10.2. The Hall–Kier alpha value is -1.97. The predicted molar refractivity (Wildman–Crippen MR) is 103 cm³/mol. The van der Waals surface area contributed by atoms with Gasteiger partial charge < -0.3 is 10.1 Å². The number of nitrogens with one attached hydrogen (secondary N) is 1. The molecular formula is C16H16N4O2S3. The molecular weight excluding hydrogens is 376 g/mol. The third-order valence-corrected chi connectivity index (χ3v) is 6.06. The standard InChI is InChI=1S/C16H16N4O2S3/c1-9(24-16-20-19-10(2)25-16)14(21)18-15-17-13(8-23-15)11-4-6-12(22-3)7-5-11/h4-9H,1-3H3,(H,17,18,21). The molecule has 0 bridgehead atoms. The second kappa shape index (κ2) is 7.94. The van der Waals surface area contributed by atoms with E-state index in [1.165, 1.54) is 34.4 Å². The van der Waals surface area contributed by atoms with Crippen LogP contribution in [0.2, 0.25) is 0 Å². The molecule has 0 fully saturated rings. The number of benzene rings is 1. The van der Waals surface area contributed by atoms with Crippen molar-refractivity contribution in [3.05, 3.63) is 34.7 Å². The fraction of sp³-hybridized carbons (Fsp3) is 0.250. The smallest absolute Gasteiger partial charge is 0.239 e. The average Bonchev–Trinajstić information content (AvgIpc) is 3.24. The monoisotopic (exact) mass is 392 g/mol. The molecule has 0 radical (unpaired) electrons. The number of amides is 1. The lowest BCUT2D eigenvalue weighted by molar-refractivity contribution is -0.115. The highest BCUT2D eigenvalue weighted by atomic mass is 32.2. The first-order valence-corrected chi connectivity index (χ1v) is 10.0. The summed E-state index contributed by atoms with van der Waals surface area (Å²) >= 11 is 4.28. The van der Waals surface area contributed by atoms with Gasteiger partial charge in [0.1, 0.15) is 10.8 Å². The molecule has 0 saturated heterocycles. The van der Waals surface area contributed by atoms with E-state index in [0.29, 0.717) is 5.13 Å². The number of aromatic nitrogens is 3. The van der Waals surface area contributed by atoms with Crippen molar-refractivity contribution in [2.75, 3.05) is 12.4 Å². The van der Waals surface area contributed by atoms with Gasteiger partial charge in [-0.1, -0.05) is 23.1 Å². The van der Waals surface area contributed by atoms with E-state index >= 15 is 0 Å². The lowest BCUT2D eigenvalue weighted by Gasteiger charge is -2.07. The summed E-state index contributed by atoms with van der Waals surface area (Å²) in [5, 5.41) is 14.0. The summed E-state index contributed by atoms with van der Waals surface area (Å²) in [5.74, 6) is 0.693. The fourth-order valence-electron chi connectivity index (χ4n) is 1.96. The number of nitrogens with zero attached hydrogens (tertiary/aromatic N) is 3. The molecule has 1 amide bonds. The predicted octanol–water partition coefficient (Wildman–Crippen LogP) is 4.10. The number of hydrogen-bond donors (Lipinski definition) is 1. The van der Waals surface area contributed by atoms with Crippen molar-refractivity contribution < 1.29 is 9.53 Å². The number of thioether (sulfide) groups is 1. The first-order chi connectivity index (χ1) is 12.0. The van der Waals surface area contributed by atoms with Crippen molar-refractivity contribution in [1.82, 2.24) is 15.2 Å². The molecule has 1 N–H and O–H groups in total. The van der Waals surface area contributed by atoms with Crippen LogP contribution >= 0.6 is 34.4 Å². The van der Waals surface area contributed by atoms with Crippen LogP contribution in [0.1, 0.15) is 11.9 Å². The molecule has 9 heteroatoms. The molecule has 1 unspecified atom stereocenters. The van der Waals surface area contributed by atoms with Gasteiger partial charge in [-0.05, 0) is 38.1 Å². The van der Waals surface area contributed by atoms with Crippen molar-refractivity contribution in [2.45, 2.75) is 23.4 Å². The minimum Gasteiger partial charge on any atom is -0.497 e. The molecule has 130 valence electrons. The van der Waals surface area contributed by atoms with E-state index in [-0.39, 0.29) is 11.2 Å². The number of carbonyl (C=O) groups is 1. The van der Waals surface area contributed by atoms with Crippen LogP contribution in [-0.4, -0.2) is 33.4 Å². The van der Waals surface area contributed by atoms with Crippen LogP contribution in [0, 0.1) is 6.92 Å². The largest absolute Gasteiger partial charge is 0.497 e. The summed E-state index contributed by atoms with van der Waals surface area (Å²) in [6.07, 6.45) is 0. The van der Waals surface area contributed by atoms with Gasteiger partial charge in [0.2, 0.25) is 5.91 Å². The number of anilines is 1. The Balaban J connectivity index is 1.62. The maximum Gasteiger partial charge on any atom is 0.239 e. The van der Waals surface area contributed by atoms with Gasteiger partial charge >= 0.3 is 0 Å². The van der Waals surface area contributed by atoms with Crippen LogP contribution in [0.25, 0.3) is 11.3 Å². The van der Waals surface area contributed by atoms with E-state index in [9.17, 15) is 4.79 Å². The second-order valence-electron chi connectivity index (χ2n) is 5.10. The molecule has 2 aromatic heterocycles. The van der Waals surface area contributed by atoms with E-state index in [4.69, 9.17) is 4.74 Å². The Labute approximate surface area is 157 Å². The maximum atomic E-state index is 12.3. The molecule has 1 atom stereocenters. The topological polar surface area (TPSA) is 77.0 Å². The minimum atomic E-state index is -0.277. The van der Waals surface area contributed by atoms with Crippen molar-refractivity contribution in [2.24, 2.45) is 0 Å². The van der Waals surface area contributed by atoms with Gasteiger partial charge in [0.05, 0.1) is 18.1 Å². The lowest BCUT2D eigenvalue weighted by Crippen LogP contribution is -2.22. The maximum absolute atomic E-state index is 12.3. The number of aryl methyl sites for hydroxylation is 1. The molecule has 0 spiro atoms. The van der Waals surface area contributed by atoms with Crippen LogP contribution in [0.15, 0.2) is 34.0 Å². The minimum absolute atomic E-state index is 0.103. The van der Waals surface area contributed by atoms with E-state index in [0.717, 1.165) is 26.4 Å². The summed E-state index contributed by atoms with van der Waals surface area (Å²) in [4.78, 5) is 16.8. The molecule has 0 aliphatic rings. The summed E-state index contributed by atoms with van der Waals surface area (Å²) in [6, 6.07) is 7.65. The molecule has 25 heavy (non-hydrogen) atoms. The Morgan fingerprint density at radius 1 is 1.28 bits per heavy atom. The highest BCUT2D eigenvalue weighted by Crippen LogP contribution is 2.29. The molecule has 3 aromatic rings. The van der Waals surface area contributed by atoms with Gasteiger partial charge in [-0.25, -0.2) is 4.98 Å². The Morgan fingerprint density at radius 2 is 2.04 bits per heavy atom. The highest BCUT2D eigenvalue weighted by Gasteiger charge is 2.18. The third-order valence-electron chi connectivity index (χ3n) is 3.27. The normalized spacial score (nSPS) is 12.0. The van der Waals surface area contributed by atoms with Crippen LogP contribution in [-0.2, 0) is 4.79 Å². The van der Waals surface area contributed by atoms with E-state index < -0.39 is 0 Å². The second-order valence-corrected chi connectivity index (χ2v) is 8.73. The van der Waals surface area contributed by atoms with Crippen LogP contribution in [0.5, 0.6) is 5.75 Å². The zero-order valence-electron chi connectivity index (χ0n) is 13.8. The first-order valence-electron chi connectivity index (χ1n) is 7.42. The first kappa shape index (κ1) is 17.8. The summed E-state index contributed by atoms with van der Waals surface area (Å²) in [7, 11) is 1.63. The van der Waals surface area contributed by atoms with Gasteiger partial charge in [0, 0.05) is 10.9 Å². The molecule has 0 aliphatic heterocycles. The van der Waals surface area contributed by atoms with E-state index in [2.05, 4.69) is 20.5 Å². The zero-order chi connectivity index (χ0) is 17.8. The van der Waals surface area contributed by atoms with E-state index in [1.54, 1.807) is 7.11 Å². The summed E-state index contributed by atoms with van der Waals surface area (Å²) in [5.41, 5.74) is 1.80. The van der Waals surface area contributed by atoms with Crippen molar-refractivity contribution in [1.29, 1.82) is 0 Å². The molecule has 2 heterocycles. The summed E-state index contributed by atoms with van der Waals surface area (Å²) in [6.45, 7) is 3.73. The quantitative estimate of drug-likeness (QED) is 0.637. The Bertz CT molecular complexity index is 860. The van der Waals surface area contributed by atoms with Gasteiger partial charge in [0.25, 0.3) is 0 Å². The van der Waals surface area contributed by atoms with Gasteiger partial charge in [0.15, 0.2) is 9.47 Å². The number of carbonyl (C=O) groups excluding carboxylic acids is 1. The van der Waals surface area contributed by atoms with Crippen LogP contribution in [0.4, 0.5) is 5.13 Å². The molecule has 6 nitrogen and oxygen atoms in total. The molecule has 1 aromatic carbocycles. The average molecular weight is 393 g/mol. The molecule has 0 aliphatic carbocycles.